The number of likely N-dealkylation sites (tertiary alicyclic amines) is 1. The van der Waals surface area contributed by atoms with Gasteiger partial charge in [0.2, 0.25) is 11.8 Å². The molecule has 0 atom stereocenters. The van der Waals surface area contributed by atoms with Gasteiger partial charge in [-0.05, 0) is 59.5 Å². The van der Waals surface area contributed by atoms with Crippen LogP contribution in [0.1, 0.15) is 44.0 Å². The number of aromatic nitrogens is 1. The average Bonchev–Trinajstić information content (AvgIpc) is 3.07. The number of oxazole rings is 1. The van der Waals surface area contributed by atoms with Crippen molar-refractivity contribution in [3.63, 3.8) is 0 Å². The Morgan fingerprint density at radius 2 is 1.79 bits per heavy atom. The minimum atomic E-state index is 0. The summed E-state index contributed by atoms with van der Waals surface area (Å²) in [6.45, 7) is 15.9. The van der Waals surface area contributed by atoms with Gasteiger partial charge in [0.25, 0.3) is 0 Å². The predicted octanol–water partition coefficient (Wildman–Crippen LogP) is 1.84. The van der Waals surface area contributed by atoms with Gasteiger partial charge in [0.15, 0.2) is 5.96 Å². The van der Waals surface area contributed by atoms with Crippen LogP contribution in [0.4, 0.5) is 0 Å². The minimum Gasteiger partial charge on any atom is -0.444 e. The molecule has 0 aromatic carbocycles. The lowest BCUT2D eigenvalue weighted by molar-refractivity contribution is -0.123. The van der Waals surface area contributed by atoms with E-state index in [1.807, 2.05) is 34.7 Å². The highest BCUT2D eigenvalue weighted by molar-refractivity contribution is 14.0. The topological polar surface area (TPSA) is 89.2 Å². The maximum absolute atomic E-state index is 12.0. The van der Waals surface area contributed by atoms with Gasteiger partial charge in [0.1, 0.15) is 5.76 Å². The first kappa shape index (κ1) is 27.8. The molecule has 188 valence electrons. The first-order valence-corrected chi connectivity index (χ1v) is 12.0. The zero-order valence-corrected chi connectivity index (χ0v) is 23.2. The van der Waals surface area contributed by atoms with E-state index in [1.165, 1.54) is 12.8 Å². The standard InChI is InChI=1S/C23H41N7O2.HI/c1-17(2)26-21(31)15-29-10-12-30(13-11-29)23(24-5)25-14-20-6-8-28(9-7-20)16-22-27-18(3)19(4)32-22;/h17,20H,6-16H2,1-5H3,(H,24,25)(H,26,31);1H. The maximum atomic E-state index is 12.0. The number of hydrogen-bond donors (Lipinski definition) is 2. The largest absolute Gasteiger partial charge is 0.444 e. The van der Waals surface area contributed by atoms with Crippen molar-refractivity contribution >= 4 is 35.8 Å². The summed E-state index contributed by atoms with van der Waals surface area (Å²) in [6.07, 6.45) is 2.34. The first-order chi connectivity index (χ1) is 15.3. The van der Waals surface area contributed by atoms with Crippen LogP contribution in [0.25, 0.3) is 0 Å². The Morgan fingerprint density at radius 1 is 1.12 bits per heavy atom. The Hall–Kier alpha value is -1.40. The van der Waals surface area contributed by atoms with Crippen molar-refractivity contribution < 1.29 is 9.21 Å². The van der Waals surface area contributed by atoms with Crippen LogP contribution in [0.2, 0.25) is 0 Å². The lowest BCUT2D eigenvalue weighted by Gasteiger charge is -2.37. The Labute approximate surface area is 215 Å². The van der Waals surface area contributed by atoms with Gasteiger partial charge in [0.05, 0.1) is 18.8 Å². The number of guanidine groups is 1. The number of aryl methyl sites for hydroxylation is 2. The highest BCUT2D eigenvalue weighted by atomic mass is 127. The molecule has 3 heterocycles. The van der Waals surface area contributed by atoms with Gasteiger partial charge in [-0.1, -0.05) is 0 Å². The Kier molecular flexibility index (Phi) is 11.4. The van der Waals surface area contributed by atoms with Crippen LogP contribution in [0.5, 0.6) is 0 Å². The fourth-order valence-corrected chi connectivity index (χ4v) is 4.40. The van der Waals surface area contributed by atoms with E-state index in [9.17, 15) is 4.79 Å². The fourth-order valence-electron chi connectivity index (χ4n) is 4.40. The van der Waals surface area contributed by atoms with Crippen molar-refractivity contribution in [1.29, 1.82) is 0 Å². The highest BCUT2D eigenvalue weighted by Crippen LogP contribution is 2.19. The third-order valence-electron chi connectivity index (χ3n) is 6.39. The van der Waals surface area contributed by atoms with Crippen LogP contribution in [-0.2, 0) is 11.3 Å². The second-order valence-corrected chi connectivity index (χ2v) is 9.38. The van der Waals surface area contributed by atoms with Gasteiger partial charge in [-0.2, -0.15) is 0 Å². The molecule has 2 aliphatic rings. The molecule has 1 amide bonds. The van der Waals surface area contributed by atoms with Crippen molar-refractivity contribution in [1.82, 2.24) is 30.3 Å². The first-order valence-electron chi connectivity index (χ1n) is 12.0. The molecule has 0 unspecified atom stereocenters. The molecular weight excluding hydrogens is 533 g/mol. The van der Waals surface area contributed by atoms with Gasteiger partial charge in [0, 0.05) is 45.8 Å². The molecule has 0 aliphatic carbocycles. The molecule has 2 fully saturated rings. The molecule has 0 saturated carbocycles. The van der Waals surface area contributed by atoms with Crippen LogP contribution >= 0.6 is 24.0 Å². The molecule has 1 aromatic heterocycles. The third-order valence-corrected chi connectivity index (χ3v) is 6.39. The predicted molar refractivity (Wildman–Crippen MR) is 142 cm³/mol. The number of aliphatic imine (C=N–C) groups is 1. The maximum Gasteiger partial charge on any atom is 0.234 e. The average molecular weight is 576 g/mol. The van der Waals surface area contributed by atoms with Crippen LogP contribution < -0.4 is 10.6 Å². The van der Waals surface area contributed by atoms with E-state index in [2.05, 4.69) is 35.3 Å². The molecule has 2 saturated heterocycles. The van der Waals surface area contributed by atoms with Crippen LogP contribution in [0.15, 0.2) is 9.41 Å². The monoisotopic (exact) mass is 575 g/mol. The van der Waals surface area contributed by atoms with Crippen molar-refractivity contribution in [3.8, 4) is 0 Å². The molecule has 1 aromatic rings. The smallest absolute Gasteiger partial charge is 0.234 e. The van der Waals surface area contributed by atoms with E-state index in [1.54, 1.807) is 0 Å². The number of piperazine rings is 1. The van der Waals surface area contributed by atoms with E-state index < -0.39 is 0 Å². The van der Waals surface area contributed by atoms with Crippen LogP contribution in [-0.4, -0.2) is 97.0 Å². The molecule has 2 aliphatic heterocycles. The van der Waals surface area contributed by atoms with Crippen molar-refractivity contribution in [2.75, 3.05) is 59.4 Å². The molecule has 2 N–H and O–H groups in total. The zero-order valence-electron chi connectivity index (χ0n) is 20.9. The number of halogens is 1. The normalized spacial score (nSPS) is 19.0. The number of nitrogens with one attached hydrogen (secondary N) is 2. The number of rotatable bonds is 7. The minimum absolute atomic E-state index is 0. The summed E-state index contributed by atoms with van der Waals surface area (Å²) in [5.74, 6) is 3.49. The van der Waals surface area contributed by atoms with E-state index in [0.29, 0.717) is 12.5 Å². The van der Waals surface area contributed by atoms with E-state index in [4.69, 9.17) is 4.42 Å². The molecule has 10 heteroatoms. The summed E-state index contributed by atoms with van der Waals surface area (Å²) in [7, 11) is 1.85. The fraction of sp³-hybridized carbons (Fsp3) is 0.783. The zero-order chi connectivity index (χ0) is 23.1. The summed E-state index contributed by atoms with van der Waals surface area (Å²) in [6, 6.07) is 0.189. The summed E-state index contributed by atoms with van der Waals surface area (Å²) >= 11 is 0. The molecule has 0 bridgehead atoms. The van der Waals surface area contributed by atoms with Gasteiger partial charge in [-0.3, -0.25) is 19.6 Å². The lowest BCUT2D eigenvalue weighted by Crippen LogP contribution is -2.54. The van der Waals surface area contributed by atoms with Crippen LogP contribution in [0.3, 0.4) is 0 Å². The number of piperidine rings is 1. The molecule has 3 rings (SSSR count). The summed E-state index contributed by atoms with van der Waals surface area (Å²) in [5.41, 5.74) is 0.991. The molecule has 9 nitrogen and oxygen atoms in total. The number of hydrogen-bond acceptors (Lipinski definition) is 6. The molecule has 0 spiro atoms. The van der Waals surface area contributed by atoms with Gasteiger partial charge in [-0.15, -0.1) is 24.0 Å². The van der Waals surface area contributed by atoms with Gasteiger partial charge < -0.3 is 20.0 Å². The summed E-state index contributed by atoms with van der Waals surface area (Å²) in [4.78, 5) is 28.0. The van der Waals surface area contributed by atoms with E-state index >= 15 is 0 Å². The molecular formula is C23H42IN7O2. The van der Waals surface area contributed by atoms with Crippen LogP contribution in [0, 0.1) is 19.8 Å². The molecule has 0 radical (unpaired) electrons. The highest BCUT2D eigenvalue weighted by Gasteiger charge is 2.24. The second-order valence-electron chi connectivity index (χ2n) is 9.38. The Morgan fingerprint density at radius 3 is 2.33 bits per heavy atom. The number of amides is 1. The van der Waals surface area contributed by atoms with E-state index in [-0.39, 0.29) is 35.9 Å². The molecule has 33 heavy (non-hydrogen) atoms. The summed E-state index contributed by atoms with van der Waals surface area (Å²) < 4.78 is 5.74. The van der Waals surface area contributed by atoms with Crippen molar-refractivity contribution in [2.24, 2.45) is 10.9 Å². The van der Waals surface area contributed by atoms with Gasteiger partial charge in [-0.25, -0.2) is 4.98 Å². The second kappa shape index (κ2) is 13.5. The SMILES string of the molecule is CN=C(NCC1CCN(Cc2nc(C)c(C)o2)CC1)N1CCN(CC(=O)NC(C)C)CC1.I. The van der Waals surface area contributed by atoms with Crippen molar-refractivity contribution in [2.45, 2.75) is 53.1 Å². The number of nitrogens with zero attached hydrogens (tertiary/aromatic N) is 5. The Bertz CT molecular complexity index is 747. The Balaban J connectivity index is 0.00000385. The number of carbonyl (C=O) groups is 1. The lowest BCUT2D eigenvalue weighted by atomic mass is 9.97. The third kappa shape index (κ3) is 8.71. The summed E-state index contributed by atoms with van der Waals surface area (Å²) in [5, 5.41) is 6.56. The number of carbonyl (C=O) groups excluding carboxylic acids is 1. The quantitative estimate of drug-likeness (QED) is 0.292. The van der Waals surface area contributed by atoms with Crippen molar-refractivity contribution in [3.05, 3.63) is 17.3 Å². The van der Waals surface area contributed by atoms with E-state index in [0.717, 1.165) is 75.7 Å². The van der Waals surface area contributed by atoms with Gasteiger partial charge >= 0.3 is 0 Å².